The van der Waals surface area contributed by atoms with Gasteiger partial charge in [-0.15, -0.1) is 0 Å². The number of halogens is 1. The monoisotopic (exact) mass is 332 g/mol. The second-order valence-electron chi connectivity index (χ2n) is 5.24. The van der Waals surface area contributed by atoms with Crippen molar-refractivity contribution in [1.29, 1.82) is 0 Å². The van der Waals surface area contributed by atoms with Gasteiger partial charge in [0.25, 0.3) is 5.91 Å². The Morgan fingerprint density at radius 1 is 1.21 bits per heavy atom. The first-order valence-corrected chi connectivity index (χ1v) is 7.69. The molecule has 7 heteroatoms. The molecule has 1 heterocycles. The van der Waals surface area contributed by atoms with E-state index in [1.165, 1.54) is 12.1 Å². The van der Waals surface area contributed by atoms with Crippen LogP contribution in [0.1, 0.15) is 21.9 Å². The molecule has 2 aromatic rings. The molecule has 0 atom stereocenters. The lowest BCUT2D eigenvalue weighted by Gasteiger charge is -2.09. The molecule has 0 fully saturated rings. The number of carbonyl (C=O) groups excluding carboxylic acids is 1. The van der Waals surface area contributed by atoms with Crippen molar-refractivity contribution in [2.45, 2.75) is 13.3 Å². The van der Waals surface area contributed by atoms with Gasteiger partial charge in [0.1, 0.15) is 23.2 Å². The van der Waals surface area contributed by atoms with Crippen molar-refractivity contribution in [3.63, 3.8) is 0 Å². The highest BCUT2D eigenvalue weighted by Gasteiger charge is 2.10. The minimum absolute atomic E-state index is 0.248. The molecule has 0 unspecified atom stereocenters. The number of hydrogen-bond acceptors (Lipinski definition) is 5. The van der Waals surface area contributed by atoms with Crippen molar-refractivity contribution in [2.24, 2.45) is 0 Å². The van der Waals surface area contributed by atoms with Crippen LogP contribution in [0.25, 0.3) is 0 Å². The number of aromatic nitrogens is 2. The third-order valence-corrected chi connectivity index (χ3v) is 3.30. The summed E-state index contributed by atoms with van der Waals surface area (Å²) >= 11 is 0. The molecule has 0 bridgehead atoms. The Morgan fingerprint density at radius 2 is 1.96 bits per heavy atom. The lowest BCUT2D eigenvalue weighted by molar-refractivity contribution is 0.0931. The molecular formula is C17H21FN4O2. The Morgan fingerprint density at radius 3 is 2.67 bits per heavy atom. The van der Waals surface area contributed by atoms with Crippen molar-refractivity contribution >= 4 is 11.7 Å². The Balaban J connectivity index is 1.92. The molecule has 0 saturated carbocycles. The summed E-state index contributed by atoms with van der Waals surface area (Å²) < 4.78 is 17.8. The first-order valence-electron chi connectivity index (χ1n) is 7.69. The molecule has 6 nitrogen and oxygen atoms in total. The first kappa shape index (κ1) is 17.8. The highest BCUT2D eigenvalue weighted by atomic mass is 19.1. The van der Waals surface area contributed by atoms with Gasteiger partial charge in [-0.3, -0.25) is 4.79 Å². The predicted molar refractivity (Wildman–Crippen MR) is 89.6 cm³/mol. The Hall–Kier alpha value is -2.54. The summed E-state index contributed by atoms with van der Waals surface area (Å²) in [5, 5.41) is 5.89. The average molecular weight is 332 g/mol. The van der Waals surface area contributed by atoms with E-state index in [2.05, 4.69) is 20.6 Å². The van der Waals surface area contributed by atoms with Crippen LogP contribution in [0.2, 0.25) is 0 Å². The first-order chi connectivity index (χ1) is 11.6. The van der Waals surface area contributed by atoms with Crippen molar-refractivity contribution in [1.82, 2.24) is 15.3 Å². The SMILES string of the molecule is COCCNC(=O)c1cc(NCCc2ccc(F)cc2)nc(C)n1. The fourth-order valence-corrected chi connectivity index (χ4v) is 2.12. The third kappa shape index (κ3) is 5.58. The van der Waals surface area contributed by atoms with E-state index in [9.17, 15) is 9.18 Å². The summed E-state index contributed by atoms with van der Waals surface area (Å²) in [6.07, 6.45) is 0.721. The molecule has 0 aliphatic heterocycles. The van der Waals surface area contributed by atoms with Crippen LogP contribution in [0.15, 0.2) is 30.3 Å². The van der Waals surface area contributed by atoms with Gasteiger partial charge in [-0.2, -0.15) is 0 Å². The number of hydrogen-bond donors (Lipinski definition) is 2. The van der Waals surface area contributed by atoms with Crippen molar-refractivity contribution in [3.05, 3.63) is 53.2 Å². The van der Waals surface area contributed by atoms with E-state index in [1.807, 2.05) is 0 Å². The van der Waals surface area contributed by atoms with Crippen molar-refractivity contribution in [2.75, 3.05) is 32.1 Å². The highest BCUT2D eigenvalue weighted by Crippen LogP contribution is 2.08. The van der Waals surface area contributed by atoms with Crippen LogP contribution in [0.3, 0.4) is 0 Å². The van der Waals surface area contributed by atoms with Crippen LogP contribution in [-0.2, 0) is 11.2 Å². The number of aryl methyl sites for hydroxylation is 1. The van der Waals surface area contributed by atoms with E-state index in [0.717, 1.165) is 12.0 Å². The maximum atomic E-state index is 12.9. The molecular weight excluding hydrogens is 311 g/mol. The zero-order chi connectivity index (χ0) is 17.4. The van der Waals surface area contributed by atoms with Gasteiger partial charge in [0.2, 0.25) is 0 Å². The molecule has 1 aromatic carbocycles. The molecule has 0 radical (unpaired) electrons. The maximum absolute atomic E-state index is 12.9. The average Bonchev–Trinajstić information content (AvgIpc) is 2.56. The minimum atomic E-state index is -0.265. The van der Waals surface area contributed by atoms with Gasteiger partial charge >= 0.3 is 0 Å². The summed E-state index contributed by atoms with van der Waals surface area (Å²) in [4.78, 5) is 20.4. The van der Waals surface area contributed by atoms with Gasteiger partial charge in [0.05, 0.1) is 6.61 Å². The topological polar surface area (TPSA) is 76.1 Å². The molecule has 0 spiro atoms. The standard InChI is InChI=1S/C17H21FN4O2/c1-12-21-15(17(23)20-9-10-24-2)11-16(22-12)19-8-7-13-3-5-14(18)6-4-13/h3-6,11H,7-10H2,1-2H3,(H,20,23)(H,19,21,22). The summed E-state index contributed by atoms with van der Waals surface area (Å²) in [6, 6.07) is 7.98. The zero-order valence-corrected chi connectivity index (χ0v) is 13.8. The number of nitrogens with one attached hydrogen (secondary N) is 2. The van der Waals surface area contributed by atoms with E-state index in [-0.39, 0.29) is 11.7 Å². The molecule has 2 N–H and O–H groups in total. The predicted octanol–water partition coefficient (Wildman–Crippen LogP) is 1.95. The Bertz CT molecular complexity index is 677. The van der Waals surface area contributed by atoms with Gasteiger partial charge in [0, 0.05) is 26.3 Å². The number of anilines is 1. The summed E-state index contributed by atoms with van der Waals surface area (Å²) in [7, 11) is 1.57. The zero-order valence-electron chi connectivity index (χ0n) is 13.8. The van der Waals surface area contributed by atoms with E-state index >= 15 is 0 Å². The molecule has 1 amide bonds. The summed E-state index contributed by atoms with van der Waals surface area (Å²) in [5.41, 5.74) is 1.33. The Labute approximate surface area is 140 Å². The van der Waals surface area contributed by atoms with Gasteiger partial charge in [-0.05, 0) is 31.0 Å². The summed E-state index contributed by atoms with van der Waals surface area (Å²) in [5.74, 6) is 0.585. The van der Waals surface area contributed by atoms with Gasteiger partial charge in [-0.1, -0.05) is 12.1 Å². The van der Waals surface area contributed by atoms with Gasteiger partial charge in [0.15, 0.2) is 0 Å². The normalized spacial score (nSPS) is 10.5. The fourth-order valence-electron chi connectivity index (χ4n) is 2.12. The number of carbonyl (C=O) groups is 1. The molecule has 24 heavy (non-hydrogen) atoms. The van der Waals surface area contributed by atoms with Crippen LogP contribution in [-0.4, -0.2) is 42.7 Å². The Kier molecular flexibility index (Phi) is 6.62. The number of rotatable bonds is 8. The lowest BCUT2D eigenvalue weighted by atomic mass is 10.1. The minimum Gasteiger partial charge on any atom is -0.383 e. The lowest BCUT2D eigenvalue weighted by Crippen LogP contribution is -2.28. The highest BCUT2D eigenvalue weighted by molar-refractivity contribution is 5.92. The second-order valence-corrected chi connectivity index (χ2v) is 5.24. The molecule has 0 aliphatic rings. The van der Waals surface area contributed by atoms with E-state index in [1.54, 1.807) is 32.2 Å². The van der Waals surface area contributed by atoms with E-state index in [0.29, 0.717) is 37.0 Å². The number of benzene rings is 1. The maximum Gasteiger partial charge on any atom is 0.270 e. The third-order valence-electron chi connectivity index (χ3n) is 3.30. The smallest absolute Gasteiger partial charge is 0.270 e. The van der Waals surface area contributed by atoms with Crippen LogP contribution in [0, 0.1) is 12.7 Å². The fraction of sp³-hybridized carbons (Fsp3) is 0.353. The second kappa shape index (κ2) is 8.93. The van der Waals surface area contributed by atoms with Crippen LogP contribution < -0.4 is 10.6 Å². The van der Waals surface area contributed by atoms with E-state index < -0.39 is 0 Å². The number of nitrogens with zero attached hydrogens (tertiary/aromatic N) is 2. The summed E-state index contributed by atoms with van der Waals surface area (Å²) in [6.45, 7) is 3.22. The number of ether oxygens (including phenoxy) is 1. The van der Waals surface area contributed by atoms with Crippen LogP contribution in [0.5, 0.6) is 0 Å². The van der Waals surface area contributed by atoms with Crippen molar-refractivity contribution < 1.29 is 13.9 Å². The molecule has 1 aromatic heterocycles. The van der Waals surface area contributed by atoms with Crippen LogP contribution in [0.4, 0.5) is 10.2 Å². The van der Waals surface area contributed by atoms with Crippen molar-refractivity contribution in [3.8, 4) is 0 Å². The van der Waals surface area contributed by atoms with Crippen LogP contribution >= 0.6 is 0 Å². The van der Waals surface area contributed by atoms with E-state index in [4.69, 9.17) is 4.74 Å². The largest absolute Gasteiger partial charge is 0.383 e. The number of amides is 1. The van der Waals surface area contributed by atoms with Gasteiger partial charge in [-0.25, -0.2) is 14.4 Å². The molecule has 0 saturated heterocycles. The number of methoxy groups -OCH3 is 1. The molecule has 128 valence electrons. The quantitative estimate of drug-likeness (QED) is 0.723. The molecule has 0 aliphatic carbocycles. The van der Waals surface area contributed by atoms with Gasteiger partial charge < -0.3 is 15.4 Å². The molecule has 2 rings (SSSR count).